The maximum absolute atomic E-state index is 12.4. The highest BCUT2D eigenvalue weighted by Gasteiger charge is 2.40. The largest absolute Gasteiger partial charge is 0.409 e. The summed E-state index contributed by atoms with van der Waals surface area (Å²) in [6.07, 6.45) is -1.48. The first-order valence-electron chi connectivity index (χ1n) is 6.19. The first-order valence-corrected chi connectivity index (χ1v) is 6.19. The summed E-state index contributed by atoms with van der Waals surface area (Å²) in [6.45, 7) is 1.80. The molecule has 7 heteroatoms. The van der Waals surface area contributed by atoms with E-state index in [1.54, 1.807) is 0 Å². The van der Waals surface area contributed by atoms with Crippen LogP contribution in [0, 0.1) is 5.92 Å². The second-order valence-corrected chi connectivity index (χ2v) is 4.71. The van der Waals surface area contributed by atoms with Crippen molar-refractivity contribution < 1.29 is 18.4 Å². The number of unbranched alkanes of at least 4 members (excludes halogenated alkanes) is 1. The highest BCUT2D eigenvalue weighted by molar-refractivity contribution is 5.79. The minimum absolute atomic E-state index is 0.198. The first-order chi connectivity index (χ1) is 8.43. The van der Waals surface area contributed by atoms with E-state index in [0.717, 1.165) is 19.4 Å². The first kappa shape index (κ1) is 15.1. The van der Waals surface area contributed by atoms with Gasteiger partial charge in [-0.15, -0.1) is 0 Å². The molecule has 1 rings (SSSR count). The van der Waals surface area contributed by atoms with Crippen LogP contribution in [0.3, 0.4) is 0 Å². The number of likely N-dealkylation sites (tertiary alicyclic amines) is 1. The van der Waals surface area contributed by atoms with Gasteiger partial charge in [-0.2, -0.15) is 13.2 Å². The predicted octanol–water partition coefficient (Wildman–Crippen LogP) is 2.18. The fourth-order valence-corrected chi connectivity index (χ4v) is 2.18. The van der Waals surface area contributed by atoms with Gasteiger partial charge in [0, 0.05) is 6.42 Å². The molecule has 0 aromatic heterocycles. The molecular weight excluding hydrogens is 247 g/mol. The standard InChI is InChI=1S/C11H20F3N3O/c12-11(13,14)9-4-7-17(8-5-9)6-2-1-3-10(15)16-18/h9,18H,1-8H2,(H2,15,16). The van der Waals surface area contributed by atoms with E-state index in [9.17, 15) is 13.2 Å². The molecule has 1 heterocycles. The van der Waals surface area contributed by atoms with Crippen LogP contribution in [0.2, 0.25) is 0 Å². The van der Waals surface area contributed by atoms with Gasteiger partial charge in [-0.1, -0.05) is 5.16 Å². The molecule has 1 aliphatic heterocycles. The number of oxime groups is 1. The molecule has 18 heavy (non-hydrogen) atoms. The zero-order valence-corrected chi connectivity index (χ0v) is 10.3. The monoisotopic (exact) mass is 267 g/mol. The summed E-state index contributed by atoms with van der Waals surface area (Å²) in [5.74, 6) is -0.934. The van der Waals surface area contributed by atoms with Crippen LogP contribution in [0.4, 0.5) is 13.2 Å². The molecule has 0 aliphatic carbocycles. The summed E-state index contributed by atoms with van der Waals surface area (Å²) in [5.41, 5.74) is 5.32. The van der Waals surface area contributed by atoms with Crippen molar-refractivity contribution in [1.82, 2.24) is 4.90 Å². The third-order valence-electron chi connectivity index (χ3n) is 3.34. The lowest BCUT2D eigenvalue weighted by molar-refractivity contribution is -0.185. The fraction of sp³-hybridized carbons (Fsp3) is 0.909. The molecule has 106 valence electrons. The molecule has 0 unspecified atom stereocenters. The maximum atomic E-state index is 12.4. The molecule has 1 fully saturated rings. The Balaban J connectivity index is 2.13. The normalized spacial score (nSPS) is 20.3. The molecule has 0 atom stereocenters. The Morgan fingerprint density at radius 1 is 1.28 bits per heavy atom. The van der Waals surface area contributed by atoms with Crippen molar-refractivity contribution in [3.63, 3.8) is 0 Å². The van der Waals surface area contributed by atoms with Gasteiger partial charge in [-0.05, 0) is 45.3 Å². The van der Waals surface area contributed by atoms with E-state index in [4.69, 9.17) is 10.9 Å². The van der Waals surface area contributed by atoms with E-state index in [0.29, 0.717) is 19.5 Å². The molecule has 0 spiro atoms. The van der Waals surface area contributed by atoms with Gasteiger partial charge < -0.3 is 15.8 Å². The molecule has 0 radical (unpaired) electrons. The van der Waals surface area contributed by atoms with Gasteiger partial charge in [0.05, 0.1) is 5.92 Å². The summed E-state index contributed by atoms with van der Waals surface area (Å²) in [5, 5.41) is 11.2. The Labute approximate surface area is 105 Å². The number of piperidine rings is 1. The van der Waals surface area contributed by atoms with Crippen LogP contribution in [0.5, 0.6) is 0 Å². The van der Waals surface area contributed by atoms with Crippen LogP contribution in [0.15, 0.2) is 5.16 Å². The molecule has 3 N–H and O–H groups in total. The zero-order valence-electron chi connectivity index (χ0n) is 10.3. The number of hydrogen-bond acceptors (Lipinski definition) is 3. The van der Waals surface area contributed by atoms with Gasteiger partial charge >= 0.3 is 6.18 Å². The van der Waals surface area contributed by atoms with Crippen LogP contribution in [-0.2, 0) is 0 Å². The topological polar surface area (TPSA) is 61.8 Å². The minimum Gasteiger partial charge on any atom is -0.409 e. The van der Waals surface area contributed by atoms with E-state index < -0.39 is 12.1 Å². The number of alkyl halides is 3. The van der Waals surface area contributed by atoms with E-state index in [2.05, 4.69) is 10.1 Å². The summed E-state index contributed by atoms with van der Waals surface area (Å²) in [6, 6.07) is 0. The lowest BCUT2D eigenvalue weighted by Crippen LogP contribution is -2.39. The van der Waals surface area contributed by atoms with Crippen LogP contribution in [0.25, 0.3) is 0 Å². The number of rotatable bonds is 5. The maximum Gasteiger partial charge on any atom is 0.391 e. The second-order valence-electron chi connectivity index (χ2n) is 4.71. The average Bonchev–Trinajstić information content (AvgIpc) is 2.33. The van der Waals surface area contributed by atoms with Crippen molar-refractivity contribution in [1.29, 1.82) is 0 Å². The highest BCUT2D eigenvalue weighted by Crippen LogP contribution is 2.34. The Morgan fingerprint density at radius 3 is 2.39 bits per heavy atom. The van der Waals surface area contributed by atoms with Gasteiger partial charge in [0.15, 0.2) is 0 Å². The molecule has 4 nitrogen and oxygen atoms in total. The second kappa shape index (κ2) is 6.82. The summed E-state index contributed by atoms with van der Waals surface area (Å²) < 4.78 is 37.3. The molecule has 0 saturated carbocycles. The Hall–Kier alpha value is -0.980. The predicted molar refractivity (Wildman–Crippen MR) is 62.5 cm³/mol. The van der Waals surface area contributed by atoms with Gasteiger partial charge in [0.1, 0.15) is 5.84 Å². The molecule has 0 aromatic carbocycles. The number of nitrogens with two attached hydrogens (primary N) is 1. The lowest BCUT2D eigenvalue weighted by Gasteiger charge is -2.32. The Bertz CT molecular complexity index is 273. The third-order valence-corrected chi connectivity index (χ3v) is 3.34. The molecule has 1 aliphatic rings. The van der Waals surface area contributed by atoms with Gasteiger partial charge in [0.2, 0.25) is 0 Å². The molecular formula is C11H20F3N3O. The van der Waals surface area contributed by atoms with Gasteiger partial charge in [-0.3, -0.25) is 0 Å². The van der Waals surface area contributed by atoms with E-state index in [-0.39, 0.29) is 18.7 Å². The summed E-state index contributed by atoms with van der Waals surface area (Å²) in [4.78, 5) is 2.05. The van der Waals surface area contributed by atoms with Gasteiger partial charge in [0.25, 0.3) is 0 Å². The van der Waals surface area contributed by atoms with E-state index in [1.165, 1.54) is 0 Å². The zero-order chi connectivity index (χ0) is 13.6. The van der Waals surface area contributed by atoms with Crippen molar-refractivity contribution >= 4 is 5.84 Å². The van der Waals surface area contributed by atoms with E-state index >= 15 is 0 Å². The molecule has 1 saturated heterocycles. The lowest BCUT2D eigenvalue weighted by atomic mass is 9.96. The number of halogens is 3. The number of hydrogen-bond donors (Lipinski definition) is 2. The molecule has 0 bridgehead atoms. The number of nitrogens with zero attached hydrogens (tertiary/aromatic N) is 2. The van der Waals surface area contributed by atoms with Gasteiger partial charge in [-0.25, -0.2) is 0 Å². The molecule has 0 aromatic rings. The SMILES string of the molecule is NC(CCCCN1CCC(C(F)(F)F)CC1)=NO. The van der Waals surface area contributed by atoms with Crippen molar-refractivity contribution in [2.75, 3.05) is 19.6 Å². The quantitative estimate of drug-likeness (QED) is 0.264. The van der Waals surface area contributed by atoms with Crippen molar-refractivity contribution in [3.05, 3.63) is 0 Å². The smallest absolute Gasteiger partial charge is 0.391 e. The minimum atomic E-state index is -4.04. The van der Waals surface area contributed by atoms with Crippen molar-refractivity contribution in [3.8, 4) is 0 Å². The van der Waals surface area contributed by atoms with E-state index in [1.807, 2.05) is 0 Å². The van der Waals surface area contributed by atoms with Crippen LogP contribution < -0.4 is 5.73 Å². The van der Waals surface area contributed by atoms with Crippen molar-refractivity contribution in [2.24, 2.45) is 16.8 Å². The Kier molecular flexibility index (Phi) is 5.71. The summed E-state index contributed by atoms with van der Waals surface area (Å²) in [7, 11) is 0. The van der Waals surface area contributed by atoms with Crippen LogP contribution >= 0.6 is 0 Å². The number of amidine groups is 1. The average molecular weight is 267 g/mol. The Morgan fingerprint density at radius 2 is 1.89 bits per heavy atom. The van der Waals surface area contributed by atoms with Crippen LogP contribution in [-0.4, -0.2) is 41.8 Å². The highest BCUT2D eigenvalue weighted by atomic mass is 19.4. The fourth-order valence-electron chi connectivity index (χ4n) is 2.18. The van der Waals surface area contributed by atoms with Crippen LogP contribution in [0.1, 0.15) is 32.1 Å². The molecule has 0 amide bonds. The summed E-state index contributed by atoms with van der Waals surface area (Å²) >= 11 is 0. The third kappa shape index (κ3) is 5.12. The van der Waals surface area contributed by atoms with Crippen molar-refractivity contribution in [2.45, 2.75) is 38.3 Å².